The van der Waals surface area contributed by atoms with E-state index in [-0.39, 0.29) is 11.3 Å². The number of carbonyl (C=O) groups is 1. The van der Waals surface area contributed by atoms with E-state index in [9.17, 15) is 20.0 Å². The van der Waals surface area contributed by atoms with Crippen molar-refractivity contribution in [2.45, 2.75) is 13.3 Å². The van der Waals surface area contributed by atoms with E-state index in [4.69, 9.17) is 0 Å². The smallest absolute Gasteiger partial charge is 0.337 e. The van der Waals surface area contributed by atoms with Gasteiger partial charge >= 0.3 is 5.97 Å². The Morgan fingerprint density at radius 1 is 1.29 bits per heavy atom. The molecule has 0 unspecified atom stereocenters. The van der Waals surface area contributed by atoms with Crippen LogP contribution in [0.1, 0.15) is 23.7 Å². The predicted molar refractivity (Wildman–Crippen MR) is 81.1 cm³/mol. The zero-order valence-electron chi connectivity index (χ0n) is 12.6. The molecule has 1 N–H and O–H groups in total. The maximum Gasteiger partial charge on any atom is 0.337 e. The van der Waals surface area contributed by atoms with Crippen LogP contribution in [0.3, 0.4) is 0 Å². The summed E-state index contributed by atoms with van der Waals surface area (Å²) in [7, 11) is 3.85. The summed E-state index contributed by atoms with van der Waals surface area (Å²) in [4.78, 5) is 25.6. The van der Waals surface area contributed by atoms with Crippen molar-refractivity contribution in [3.63, 3.8) is 0 Å². The number of aromatic carboxylic acids is 1. The Kier molecular flexibility index (Phi) is 6.10. The third-order valence-corrected chi connectivity index (χ3v) is 3.07. The molecule has 1 rings (SSSR count). The number of benzene rings is 1. The molecule has 7 heteroatoms. The minimum Gasteiger partial charge on any atom is -0.478 e. The third-order valence-electron chi connectivity index (χ3n) is 3.07. The van der Waals surface area contributed by atoms with E-state index in [0.717, 1.165) is 13.0 Å². The zero-order chi connectivity index (χ0) is 16.0. The minimum atomic E-state index is -1.08. The van der Waals surface area contributed by atoms with Crippen LogP contribution in [0, 0.1) is 10.1 Å². The van der Waals surface area contributed by atoms with Gasteiger partial charge in [-0.1, -0.05) is 6.92 Å². The van der Waals surface area contributed by atoms with E-state index in [1.165, 1.54) is 18.2 Å². The van der Waals surface area contributed by atoms with Crippen molar-refractivity contribution >= 4 is 17.3 Å². The Balaban J connectivity index is 3.21. The Morgan fingerprint density at radius 2 is 1.95 bits per heavy atom. The molecule has 0 radical (unpaired) electrons. The fourth-order valence-electron chi connectivity index (χ4n) is 2.02. The highest BCUT2D eigenvalue weighted by Crippen LogP contribution is 2.26. The Labute approximate surface area is 123 Å². The number of nitro benzene ring substituents is 1. The molecule has 0 bridgehead atoms. The molecule has 0 amide bonds. The van der Waals surface area contributed by atoms with E-state index in [1.54, 1.807) is 0 Å². The van der Waals surface area contributed by atoms with Crippen LogP contribution in [0.25, 0.3) is 0 Å². The Morgan fingerprint density at radius 3 is 2.43 bits per heavy atom. The molecular weight excluding hydrogens is 274 g/mol. The number of carboxylic acids is 1. The standard InChI is InChI=1S/C14H21N3O4/c1-4-7-16(9-8-15(2)3)13-10-11(17(20)21)5-6-12(13)14(18)19/h5-6,10H,4,7-9H2,1-3H3,(H,18,19). The molecule has 0 aliphatic heterocycles. The zero-order valence-corrected chi connectivity index (χ0v) is 12.6. The summed E-state index contributed by atoms with van der Waals surface area (Å²) in [5, 5.41) is 20.2. The van der Waals surface area contributed by atoms with E-state index >= 15 is 0 Å². The second-order valence-electron chi connectivity index (χ2n) is 5.05. The lowest BCUT2D eigenvalue weighted by Gasteiger charge is -2.27. The number of nitrogens with zero attached hydrogens (tertiary/aromatic N) is 3. The summed E-state index contributed by atoms with van der Waals surface area (Å²) in [6.45, 7) is 3.99. The molecule has 116 valence electrons. The molecule has 0 fully saturated rings. The monoisotopic (exact) mass is 295 g/mol. The minimum absolute atomic E-state index is 0.0906. The Bertz CT molecular complexity index is 517. The number of anilines is 1. The highest BCUT2D eigenvalue weighted by atomic mass is 16.6. The van der Waals surface area contributed by atoms with Crippen molar-refractivity contribution in [2.75, 3.05) is 38.6 Å². The Hall–Kier alpha value is -2.15. The molecule has 0 saturated carbocycles. The number of nitro groups is 1. The predicted octanol–water partition coefficient (Wildman–Crippen LogP) is 2.07. The summed E-state index contributed by atoms with van der Waals surface area (Å²) in [6.07, 6.45) is 0.829. The van der Waals surface area contributed by atoms with Gasteiger partial charge in [0.15, 0.2) is 0 Å². The van der Waals surface area contributed by atoms with E-state index in [0.29, 0.717) is 18.8 Å². The van der Waals surface area contributed by atoms with Crippen molar-refractivity contribution < 1.29 is 14.8 Å². The first-order valence-corrected chi connectivity index (χ1v) is 6.78. The lowest BCUT2D eigenvalue weighted by Crippen LogP contribution is -2.33. The van der Waals surface area contributed by atoms with Crippen LogP contribution in [-0.2, 0) is 0 Å². The highest BCUT2D eigenvalue weighted by molar-refractivity contribution is 5.95. The van der Waals surface area contributed by atoms with E-state index in [1.807, 2.05) is 30.8 Å². The van der Waals surface area contributed by atoms with Crippen LogP contribution < -0.4 is 4.90 Å². The van der Waals surface area contributed by atoms with E-state index in [2.05, 4.69) is 0 Å². The molecule has 7 nitrogen and oxygen atoms in total. The van der Waals surface area contributed by atoms with Gasteiger partial charge in [-0.2, -0.15) is 0 Å². The molecule has 0 atom stereocenters. The quantitative estimate of drug-likeness (QED) is 0.583. The van der Waals surface area contributed by atoms with Gasteiger partial charge in [0, 0.05) is 31.8 Å². The summed E-state index contributed by atoms with van der Waals surface area (Å²) < 4.78 is 0. The molecule has 0 aliphatic carbocycles. The molecule has 0 heterocycles. The molecule has 0 saturated heterocycles. The lowest BCUT2D eigenvalue weighted by molar-refractivity contribution is -0.384. The van der Waals surface area contributed by atoms with Gasteiger partial charge in [-0.05, 0) is 26.6 Å². The van der Waals surface area contributed by atoms with Gasteiger partial charge in [-0.15, -0.1) is 0 Å². The van der Waals surface area contributed by atoms with Crippen LogP contribution in [0.15, 0.2) is 18.2 Å². The van der Waals surface area contributed by atoms with Crippen LogP contribution in [0.4, 0.5) is 11.4 Å². The van der Waals surface area contributed by atoms with Gasteiger partial charge in [0.2, 0.25) is 0 Å². The molecule has 21 heavy (non-hydrogen) atoms. The second-order valence-corrected chi connectivity index (χ2v) is 5.05. The topological polar surface area (TPSA) is 86.9 Å². The van der Waals surface area contributed by atoms with Crippen molar-refractivity contribution in [3.8, 4) is 0 Å². The average molecular weight is 295 g/mol. The van der Waals surface area contributed by atoms with Crippen LogP contribution in [0.5, 0.6) is 0 Å². The van der Waals surface area contributed by atoms with Crippen molar-refractivity contribution in [3.05, 3.63) is 33.9 Å². The molecule has 1 aromatic rings. The van der Waals surface area contributed by atoms with Gasteiger partial charge < -0.3 is 14.9 Å². The molecule has 1 aromatic carbocycles. The summed E-state index contributed by atoms with van der Waals surface area (Å²) in [6, 6.07) is 3.87. The number of hydrogen-bond donors (Lipinski definition) is 1. The van der Waals surface area contributed by atoms with Crippen LogP contribution >= 0.6 is 0 Å². The second kappa shape index (κ2) is 7.58. The van der Waals surface area contributed by atoms with Crippen molar-refractivity contribution in [1.29, 1.82) is 0 Å². The number of non-ortho nitro benzene ring substituents is 1. The van der Waals surface area contributed by atoms with Gasteiger partial charge in [0.05, 0.1) is 16.2 Å². The molecular formula is C14H21N3O4. The third kappa shape index (κ3) is 4.71. The maximum atomic E-state index is 11.3. The van der Waals surface area contributed by atoms with Crippen molar-refractivity contribution in [1.82, 2.24) is 4.90 Å². The number of carboxylic acid groups (broad SMARTS) is 1. The van der Waals surface area contributed by atoms with Gasteiger partial charge in [0.25, 0.3) is 5.69 Å². The van der Waals surface area contributed by atoms with Crippen LogP contribution in [0.2, 0.25) is 0 Å². The van der Waals surface area contributed by atoms with Gasteiger partial charge in [0.1, 0.15) is 0 Å². The largest absolute Gasteiger partial charge is 0.478 e. The number of likely N-dealkylation sites (N-methyl/N-ethyl adjacent to an activating group) is 1. The summed E-state index contributed by atoms with van der Waals surface area (Å²) in [5.74, 6) is -1.08. The van der Waals surface area contributed by atoms with Gasteiger partial charge in [-0.3, -0.25) is 10.1 Å². The lowest BCUT2D eigenvalue weighted by atomic mass is 10.1. The molecule has 0 aliphatic rings. The maximum absolute atomic E-state index is 11.3. The van der Waals surface area contributed by atoms with E-state index < -0.39 is 10.9 Å². The summed E-state index contributed by atoms with van der Waals surface area (Å²) in [5.41, 5.74) is 0.397. The normalized spacial score (nSPS) is 10.7. The fourth-order valence-corrected chi connectivity index (χ4v) is 2.02. The van der Waals surface area contributed by atoms with Crippen LogP contribution in [-0.4, -0.2) is 54.6 Å². The first-order chi connectivity index (χ1) is 9.86. The molecule has 0 aromatic heterocycles. The average Bonchev–Trinajstić information content (AvgIpc) is 2.42. The van der Waals surface area contributed by atoms with Crippen molar-refractivity contribution in [2.24, 2.45) is 0 Å². The first-order valence-electron chi connectivity index (χ1n) is 6.78. The SMILES string of the molecule is CCCN(CCN(C)C)c1cc([N+](=O)[O-])ccc1C(=O)O. The number of rotatable bonds is 8. The molecule has 0 spiro atoms. The number of hydrogen-bond acceptors (Lipinski definition) is 5. The first kappa shape index (κ1) is 16.9. The highest BCUT2D eigenvalue weighted by Gasteiger charge is 2.19. The summed E-state index contributed by atoms with van der Waals surface area (Å²) >= 11 is 0. The fraction of sp³-hybridized carbons (Fsp3) is 0.500. The van der Waals surface area contributed by atoms with Gasteiger partial charge in [-0.25, -0.2) is 4.79 Å².